The molecule has 0 aromatic heterocycles. The Balaban J connectivity index is 2.46. The van der Waals surface area contributed by atoms with Crippen molar-refractivity contribution in [2.24, 2.45) is 5.41 Å². The van der Waals surface area contributed by atoms with Gasteiger partial charge in [0.05, 0.1) is 0 Å². The third-order valence-electron chi connectivity index (χ3n) is 2.55. The summed E-state index contributed by atoms with van der Waals surface area (Å²) >= 11 is 0. The third-order valence-corrected chi connectivity index (χ3v) is 2.55. The lowest BCUT2D eigenvalue weighted by atomic mass is 9.75. The van der Waals surface area contributed by atoms with Gasteiger partial charge in [-0.1, -0.05) is 19.1 Å². The van der Waals surface area contributed by atoms with Crippen LogP contribution < -0.4 is 0 Å². The summed E-state index contributed by atoms with van der Waals surface area (Å²) in [6.45, 7) is 6.42. The van der Waals surface area contributed by atoms with Crippen LogP contribution in [-0.2, 0) is 0 Å². The van der Waals surface area contributed by atoms with Crippen LogP contribution in [0.3, 0.4) is 0 Å². The first-order valence-corrected chi connectivity index (χ1v) is 3.94. The van der Waals surface area contributed by atoms with Crippen LogP contribution in [-0.4, -0.2) is 11.7 Å². The van der Waals surface area contributed by atoms with Crippen molar-refractivity contribution in [3.8, 4) is 0 Å². The average Bonchev–Trinajstić information content (AvgIpc) is 1.96. The van der Waals surface area contributed by atoms with Gasteiger partial charge in [-0.05, 0) is 31.1 Å². The molecule has 0 spiro atoms. The molecule has 1 fully saturated rings. The van der Waals surface area contributed by atoms with E-state index in [4.69, 9.17) is 5.11 Å². The van der Waals surface area contributed by atoms with Gasteiger partial charge in [0.2, 0.25) is 0 Å². The molecule has 10 heavy (non-hydrogen) atoms. The predicted molar refractivity (Wildman–Crippen MR) is 42.8 cm³/mol. The highest BCUT2D eigenvalue weighted by Gasteiger charge is 2.26. The van der Waals surface area contributed by atoms with Gasteiger partial charge in [-0.15, -0.1) is 0 Å². The number of aliphatic hydroxyl groups is 1. The Hall–Kier alpha value is -0.300. The van der Waals surface area contributed by atoms with E-state index in [1.54, 1.807) is 0 Å². The van der Waals surface area contributed by atoms with Crippen LogP contribution >= 0.6 is 0 Å². The minimum Gasteiger partial charge on any atom is -0.396 e. The molecule has 58 valence electrons. The molecule has 1 aliphatic rings. The minimum atomic E-state index is 0.196. The highest BCUT2D eigenvalue weighted by atomic mass is 16.3. The number of aliphatic hydroxyl groups excluding tert-OH is 1. The molecule has 1 rings (SSSR count). The first-order chi connectivity index (χ1) is 4.66. The zero-order chi connectivity index (χ0) is 7.61. The molecule has 0 aromatic rings. The van der Waals surface area contributed by atoms with Gasteiger partial charge in [-0.2, -0.15) is 0 Å². The molecule has 1 heteroatoms. The summed E-state index contributed by atoms with van der Waals surface area (Å²) in [5.41, 5.74) is 1.55. The van der Waals surface area contributed by atoms with Crippen LogP contribution in [0, 0.1) is 5.41 Å². The van der Waals surface area contributed by atoms with Crippen LogP contribution in [0.4, 0.5) is 0 Å². The predicted octanol–water partition coefficient (Wildman–Crippen LogP) is 2.12. The molecule has 0 aliphatic heterocycles. The quantitative estimate of drug-likeness (QED) is 0.553. The molecular formula is C9H16O. The molecule has 0 bridgehead atoms. The van der Waals surface area contributed by atoms with E-state index in [1.807, 2.05) is 0 Å². The normalized spacial score (nSPS) is 24.8. The van der Waals surface area contributed by atoms with Gasteiger partial charge >= 0.3 is 0 Å². The topological polar surface area (TPSA) is 20.2 Å². The Morgan fingerprint density at radius 2 is 2.00 bits per heavy atom. The molecule has 1 saturated carbocycles. The Kier molecular flexibility index (Phi) is 2.14. The Morgan fingerprint density at radius 3 is 2.40 bits per heavy atom. The summed E-state index contributed by atoms with van der Waals surface area (Å²) in [5, 5.41) is 9.01. The highest BCUT2D eigenvalue weighted by Crippen LogP contribution is 2.36. The first kappa shape index (κ1) is 7.80. The smallest absolute Gasteiger partial charge is 0.0485 e. The highest BCUT2D eigenvalue weighted by molar-refractivity contribution is 5.01. The van der Waals surface area contributed by atoms with Crippen molar-refractivity contribution in [1.82, 2.24) is 0 Å². The second-order valence-corrected chi connectivity index (χ2v) is 3.72. The van der Waals surface area contributed by atoms with E-state index in [0.29, 0.717) is 6.61 Å². The van der Waals surface area contributed by atoms with Crippen molar-refractivity contribution in [1.29, 1.82) is 0 Å². The summed E-state index contributed by atoms with van der Waals surface area (Å²) in [5.74, 6) is 0. The van der Waals surface area contributed by atoms with E-state index >= 15 is 0 Å². The van der Waals surface area contributed by atoms with E-state index < -0.39 is 0 Å². The summed E-state index contributed by atoms with van der Waals surface area (Å²) < 4.78 is 0. The van der Waals surface area contributed by atoms with Crippen molar-refractivity contribution in [3.63, 3.8) is 0 Å². The van der Waals surface area contributed by atoms with Crippen molar-refractivity contribution < 1.29 is 5.11 Å². The molecule has 0 radical (unpaired) electrons. The van der Waals surface area contributed by atoms with Crippen molar-refractivity contribution >= 4 is 0 Å². The maximum atomic E-state index is 9.01. The molecule has 0 unspecified atom stereocenters. The van der Waals surface area contributed by atoms with E-state index in [9.17, 15) is 0 Å². The SMILES string of the molecule is C=C1CCC(C)(CO)CC1. The molecule has 1 aliphatic carbocycles. The zero-order valence-corrected chi connectivity index (χ0v) is 6.69. The number of allylic oxidation sites excluding steroid dienone is 1. The largest absolute Gasteiger partial charge is 0.396 e. The van der Waals surface area contributed by atoms with E-state index in [0.717, 1.165) is 25.7 Å². The van der Waals surface area contributed by atoms with Gasteiger partial charge in [0.1, 0.15) is 0 Å². The lowest BCUT2D eigenvalue weighted by Gasteiger charge is -2.32. The fourth-order valence-electron chi connectivity index (χ4n) is 1.37. The van der Waals surface area contributed by atoms with Gasteiger partial charge in [0.15, 0.2) is 0 Å². The van der Waals surface area contributed by atoms with Gasteiger partial charge in [-0.3, -0.25) is 0 Å². The van der Waals surface area contributed by atoms with Crippen LogP contribution in [0.1, 0.15) is 32.6 Å². The molecule has 0 atom stereocenters. The number of hydrogen-bond acceptors (Lipinski definition) is 1. The maximum Gasteiger partial charge on any atom is 0.0485 e. The van der Waals surface area contributed by atoms with E-state index in [1.165, 1.54) is 5.57 Å². The monoisotopic (exact) mass is 140 g/mol. The number of hydrogen-bond donors (Lipinski definition) is 1. The molecule has 0 heterocycles. The van der Waals surface area contributed by atoms with Crippen molar-refractivity contribution in [3.05, 3.63) is 12.2 Å². The number of rotatable bonds is 1. The fraction of sp³-hybridized carbons (Fsp3) is 0.778. The molecule has 0 amide bonds. The Morgan fingerprint density at radius 1 is 1.50 bits per heavy atom. The summed E-state index contributed by atoms with van der Waals surface area (Å²) in [6, 6.07) is 0. The van der Waals surface area contributed by atoms with E-state index in [-0.39, 0.29) is 5.41 Å². The third kappa shape index (κ3) is 1.60. The Labute approximate surface area is 62.8 Å². The Bertz CT molecular complexity index is 128. The van der Waals surface area contributed by atoms with Crippen LogP contribution in [0.25, 0.3) is 0 Å². The second-order valence-electron chi connectivity index (χ2n) is 3.72. The average molecular weight is 140 g/mol. The zero-order valence-electron chi connectivity index (χ0n) is 6.69. The molecular weight excluding hydrogens is 124 g/mol. The van der Waals surface area contributed by atoms with Gasteiger partial charge < -0.3 is 5.11 Å². The second kappa shape index (κ2) is 2.75. The van der Waals surface area contributed by atoms with E-state index in [2.05, 4.69) is 13.5 Å². The lowest BCUT2D eigenvalue weighted by Crippen LogP contribution is -2.24. The summed E-state index contributed by atoms with van der Waals surface area (Å²) in [4.78, 5) is 0. The van der Waals surface area contributed by atoms with Crippen LogP contribution in [0.2, 0.25) is 0 Å². The van der Waals surface area contributed by atoms with Crippen LogP contribution in [0.15, 0.2) is 12.2 Å². The van der Waals surface area contributed by atoms with Crippen molar-refractivity contribution in [2.75, 3.05) is 6.61 Å². The molecule has 0 aromatic carbocycles. The standard InChI is InChI=1S/C9H16O/c1-8-3-5-9(2,7-10)6-4-8/h10H,1,3-7H2,2H3. The van der Waals surface area contributed by atoms with Gasteiger partial charge in [0, 0.05) is 6.61 Å². The molecule has 1 nitrogen and oxygen atoms in total. The lowest BCUT2D eigenvalue weighted by molar-refractivity contribution is 0.113. The maximum absolute atomic E-state index is 9.01. The summed E-state index contributed by atoms with van der Waals surface area (Å²) in [7, 11) is 0. The first-order valence-electron chi connectivity index (χ1n) is 3.94. The van der Waals surface area contributed by atoms with Crippen molar-refractivity contribution in [2.45, 2.75) is 32.6 Å². The van der Waals surface area contributed by atoms with Gasteiger partial charge in [0.25, 0.3) is 0 Å². The fourth-order valence-corrected chi connectivity index (χ4v) is 1.37. The molecule has 1 N–H and O–H groups in total. The summed E-state index contributed by atoms with van der Waals surface area (Å²) in [6.07, 6.45) is 4.44. The molecule has 0 saturated heterocycles. The van der Waals surface area contributed by atoms with Crippen LogP contribution in [0.5, 0.6) is 0 Å². The minimum absolute atomic E-state index is 0.196. The van der Waals surface area contributed by atoms with Gasteiger partial charge in [-0.25, -0.2) is 0 Å².